The third kappa shape index (κ3) is 3.79. The zero-order chi connectivity index (χ0) is 17.4. The van der Waals surface area contributed by atoms with Crippen LogP contribution in [0.25, 0.3) is 11.1 Å². The van der Waals surface area contributed by atoms with Crippen LogP contribution in [0.4, 0.5) is 13.2 Å². The van der Waals surface area contributed by atoms with Gasteiger partial charge in [-0.2, -0.15) is 17.5 Å². The van der Waals surface area contributed by atoms with Crippen LogP contribution in [-0.2, 0) is 10.0 Å². The average molecular weight is 355 g/mol. The molecule has 1 aliphatic rings. The van der Waals surface area contributed by atoms with Crippen molar-refractivity contribution < 1.29 is 21.6 Å². The van der Waals surface area contributed by atoms with Gasteiger partial charge in [-0.1, -0.05) is 42.5 Å². The third-order valence-corrected chi connectivity index (χ3v) is 5.77. The summed E-state index contributed by atoms with van der Waals surface area (Å²) in [7, 11) is -4.16. The van der Waals surface area contributed by atoms with Gasteiger partial charge >= 0.3 is 6.18 Å². The normalized spacial score (nSPS) is 15.7. The lowest BCUT2D eigenvalue weighted by Crippen LogP contribution is -2.40. The quantitative estimate of drug-likeness (QED) is 0.811. The zero-order valence-electron chi connectivity index (χ0n) is 12.7. The Labute approximate surface area is 138 Å². The van der Waals surface area contributed by atoms with E-state index < -0.39 is 28.8 Å². The molecule has 2 aromatic rings. The minimum absolute atomic E-state index is 0.113. The first-order valence-electron chi connectivity index (χ1n) is 7.51. The fraction of sp³-hybridized carbons (Fsp3) is 0.294. The predicted octanol–water partition coefficient (Wildman–Crippen LogP) is 4.07. The molecule has 3 rings (SSSR count). The zero-order valence-corrected chi connectivity index (χ0v) is 13.5. The molecule has 0 bridgehead atoms. The van der Waals surface area contributed by atoms with E-state index >= 15 is 0 Å². The van der Waals surface area contributed by atoms with Gasteiger partial charge in [0.05, 0.1) is 4.90 Å². The minimum Gasteiger partial charge on any atom is -0.207 e. The van der Waals surface area contributed by atoms with E-state index in [1.165, 1.54) is 12.1 Å². The van der Waals surface area contributed by atoms with E-state index in [9.17, 15) is 21.6 Å². The fourth-order valence-electron chi connectivity index (χ4n) is 2.53. The lowest BCUT2D eigenvalue weighted by Gasteiger charge is -2.23. The van der Waals surface area contributed by atoms with E-state index in [2.05, 4.69) is 0 Å². The third-order valence-electron chi connectivity index (χ3n) is 3.86. The summed E-state index contributed by atoms with van der Waals surface area (Å²) in [6, 6.07) is 14.7. The monoisotopic (exact) mass is 355 g/mol. The van der Waals surface area contributed by atoms with E-state index in [-0.39, 0.29) is 4.90 Å². The molecule has 0 aromatic heterocycles. The van der Waals surface area contributed by atoms with Gasteiger partial charge in [-0.3, -0.25) is 0 Å². The molecule has 128 valence electrons. The number of alkyl halides is 3. The molecule has 0 radical (unpaired) electrons. The number of sulfonamides is 1. The van der Waals surface area contributed by atoms with Gasteiger partial charge in [0.1, 0.15) is 6.54 Å². The topological polar surface area (TPSA) is 37.4 Å². The molecule has 0 N–H and O–H groups in total. The molecule has 0 unspecified atom stereocenters. The predicted molar refractivity (Wildman–Crippen MR) is 84.8 cm³/mol. The van der Waals surface area contributed by atoms with E-state index in [0.717, 1.165) is 11.1 Å². The van der Waals surface area contributed by atoms with Crippen molar-refractivity contribution in [1.29, 1.82) is 0 Å². The van der Waals surface area contributed by atoms with Gasteiger partial charge in [-0.25, -0.2) is 8.42 Å². The molecule has 0 spiro atoms. The van der Waals surface area contributed by atoms with Crippen molar-refractivity contribution in [2.45, 2.75) is 30.0 Å². The largest absolute Gasteiger partial charge is 0.402 e. The van der Waals surface area contributed by atoms with Gasteiger partial charge in [0.15, 0.2) is 0 Å². The maximum absolute atomic E-state index is 12.7. The van der Waals surface area contributed by atoms with E-state index in [0.29, 0.717) is 17.1 Å². The highest BCUT2D eigenvalue weighted by atomic mass is 32.2. The second-order valence-corrected chi connectivity index (χ2v) is 7.68. The Bertz CT molecular complexity index is 798. The van der Waals surface area contributed by atoms with Crippen LogP contribution in [0.15, 0.2) is 59.5 Å². The van der Waals surface area contributed by atoms with Crippen molar-refractivity contribution in [1.82, 2.24) is 4.31 Å². The summed E-state index contributed by atoms with van der Waals surface area (Å²) in [5.41, 5.74) is 1.72. The number of halogens is 3. The maximum atomic E-state index is 12.7. The van der Waals surface area contributed by atoms with E-state index in [4.69, 9.17) is 0 Å². The summed E-state index contributed by atoms with van der Waals surface area (Å²) < 4.78 is 63.9. The Morgan fingerprint density at radius 1 is 0.917 bits per heavy atom. The van der Waals surface area contributed by atoms with Crippen molar-refractivity contribution >= 4 is 10.0 Å². The molecular weight excluding hydrogens is 339 g/mol. The Kier molecular flexibility index (Phi) is 4.40. The Morgan fingerprint density at radius 3 is 1.96 bits per heavy atom. The van der Waals surface area contributed by atoms with Crippen molar-refractivity contribution in [3.63, 3.8) is 0 Å². The number of rotatable bonds is 5. The van der Waals surface area contributed by atoms with Gasteiger partial charge < -0.3 is 0 Å². The first kappa shape index (κ1) is 17.0. The average Bonchev–Trinajstić information content (AvgIpc) is 3.37. The van der Waals surface area contributed by atoms with Crippen molar-refractivity contribution in [2.75, 3.05) is 6.54 Å². The van der Waals surface area contributed by atoms with Crippen molar-refractivity contribution in [2.24, 2.45) is 0 Å². The summed E-state index contributed by atoms with van der Waals surface area (Å²) in [6.07, 6.45) is -3.62. The summed E-state index contributed by atoms with van der Waals surface area (Å²) >= 11 is 0. The lowest BCUT2D eigenvalue weighted by molar-refractivity contribution is -0.137. The fourth-order valence-corrected chi connectivity index (χ4v) is 4.21. The second-order valence-electron chi connectivity index (χ2n) is 5.79. The molecule has 1 aliphatic carbocycles. The highest BCUT2D eigenvalue weighted by Crippen LogP contribution is 2.35. The lowest BCUT2D eigenvalue weighted by atomic mass is 10.1. The Balaban J connectivity index is 1.89. The summed E-state index contributed by atoms with van der Waals surface area (Å²) in [4.78, 5) is -0.113. The summed E-state index contributed by atoms with van der Waals surface area (Å²) in [6.45, 7) is -1.44. The molecular formula is C17H16F3NO2S. The Hall–Kier alpha value is -1.86. The molecule has 1 fully saturated rings. The van der Waals surface area contributed by atoms with Crippen LogP contribution in [0.1, 0.15) is 12.8 Å². The van der Waals surface area contributed by atoms with Gasteiger partial charge in [-0.15, -0.1) is 0 Å². The molecule has 0 aliphatic heterocycles. The highest BCUT2D eigenvalue weighted by molar-refractivity contribution is 7.89. The van der Waals surface area contributed by atoms with Gasteiger partial charge in [0, 0.05) is 6.04 Å². The molecule has 0 atom stereocenters. The number of hydrogen-bond acceptors (Lipinski definition) is 2. The van der Waals surface area contributed by atoms with Crippen LogP contribution >= 0.6 is 0 Å². The molecule has 1 saturated carbocycles. The highest BCUT2D eigenvalue weighted by Gasteiger charge is 2.44. The SMILES string of the molecule is O=S(=O)(c1ccc(-c2ccccc2)cc1)N(CC(F)(F)F)C1CC1. The van der Waals surface area contributed by atoms with E-state index in [1.54, 1.807) is 12.1 Å². The molecule has 2 aromatic carbocycles. The van der Waals surface area contributed by atoms with Crippen LogP contribution in [-0.4, -0.2) is 31.5 Å². The molecule has 0 saturated heterocycles. The smallest absolute Gasteiger partial charge is 0.207 e. The Morgan fingerprint density at radius 2 is 1.46 bits per heavy atom. The van der Waals surface area contributed by atoms with Crippen LogP contribution in [0.5, 0.6) is 0 Å². The van der Waals surface area contributed by atoms with Gasteiger partial charge in [0.2, 0.25) is 10.0 Å². The maximum Gasteiger partial charge on any atom is 0.402 e. The van der Waals surface area contributed by atoms with Crippen LogP contribution in [0.2, 0.25) is 0 Å². The standard InChI is InChI=1S/C17H16F3NO2S/c18-17(19,20)12-21(15-8-9-15)24(22,23)16-10-6-14(7-11-16)13-4-2-1-3-5-13/h1-7,10-11,15H,8-9,12H2. The molecule has 24 heavy (non-hydrogen) atoms. The van der Waals surface area contributed by atoms with E-state index in [1.807, 2.05) is 30.3 Å². The minimum atomic E-state index is -4.56. The first-order chi connectivity index (χ1) is 11.3. The number of nitrogens with zero attached hydrogens (tertiary/aromatic N) is 1. The molecule has 3 nitrogen and oxygen atoms in total. The summed E-state index contributed by atoms with van der Waals surface area (Å²) in [5, 5.41) is 0. The van der Waals surface area contributed by atoms with Crippen LogP contribution in [0.3, 0.4) is 0 Å². The summed E-state index contributed by atoms with van der Waals surface area (Å²) in [5.74, 6) is 0. The first-order valence-corrected chi connectivity index (χ1v) is 8.95. The molecule has 7 heteroatoms. The van der Waals surface area contributed by atoms with Crippen molar-refractivity contribution in [3.05, 3.63) is 54.6 Å². The second kappa shape index (κ2) is 6.22. The molecule has 0 amide bonds. The number of benzene rings is 2. The molecule has 0 heterocycles. The van der Waals surface area contributed by atoms with Gasteiger partial charge in [0.25, 0.3) is 0 Å². The van der Waals surface area contributed by atoms with Gasteiger partial charge in [-0.05, 0) is 36.1 Å². The van der Waals surface area contributed by atoms with Crippen LogP contribution < -0.4 is 0 Å². The van der Waals surface area contributed by atoms with Crippen molar-refractivity contribution in [3.8, 4) is 11.1 Å². The van der Waals surface area contributed by atoms with Crippen LogP contribution in [0, 0.1) is 0 Å². The number of hydrogen-bond donors (Lipinski definition) is 0.